The topological polar surface area (TPSA) is 96.9 Å². The van der Waals surface area contributed by atoms with Gasteiger partial charge < -0.3 is 18.6 Å². The van der Waals surface area contributed by atoms with Crippen molar-refractivity contribution >= 4 is 21.6 Å². The molecule has 2 aromatic heterocycles. The van der Waals surface area contributed by atoms with Gasteiger partial charge in [0.15, 0.2) is 5.76 Å². The highest BCUT2D eigenvalue weighted by Crippen LogP contribution is 2.35. The van der Waals surface area contributed by atoms with Crippen molar-refractivity contribution in [2.24, 2.45) is 0 Å². The second kappa shape index (κ2) is 9.79. The molecule has 5 rings (SSSR count). The van der Waals surface area contributed by atoms with E-state index in [2.05, 4.69) is 25.8 Å². The Bertz CT molecular complexity index is 1520. The van der Waals surface area contributed by atoms with Crippen molar-refractivity contribution in [3.63, 3.8) is 0 Å². The van der Waals surface area contributed by atoms with E-state index in [-0.39, 0.29) is 33.0 Å². The standard InChI is InChI=1S/C29H31N3O5S/c1-20-7-13-23(14-8-20)38(34,35)26-28(37-25(30-26)24-6-5-19-36-24)32-17-15-31(16-18-32)27(33)21-9-11-22(12-10-21)29(2,3)4/h5-14,19H,15-18H2,1-4H3. The molecule has 0 saturated carbocycles. The Morgan fingerprint density at radius 3 is 2.16 bits per heavy atom. The summed E-state index contributed by atoms with van der Waals surface area (Å²) in [4.78, 5) is 21.3. The maximum atomic E-state index is 13.6. The molecule has 0 radical (unpaired) electrons. The van der Waals surface area contributed by atoms with Crippen LogP contribution in [0.4, 0.5) is 5.88 Å². The summed E-state index contributed by atoms with van der Waals surface area (Å²) in [5, 5.41) is -0.162. The van der Waals surface area contributed by atoms with Crippen LogP contribution < -0.4 is 4.90 Å². The number of piperazine rings is 1. The number of carbonyl (C=O) groups excluding carboxylic acids is 1. The van der Waals surface area contributed by atoms with Gasteiger partial charge in [-0.2, -0.15) is 4.98 Å². The number of rotatable bonds is 5. The summed E-state index contributed by atoms with van der Waals surface area (Å²) >= 11 is 0. The molecule has 3 heterocycles. The molecule has 0 N–H and O–H groups in total. The van der Waals surface area contributed by atoms with Gasteiger partial charge in [0.25, 0.3) is 11.8 Å². The quantitative estimate of drug-likeness (QED) is 0.342. The van der Waals surface area contributed by atoms with Crippen LogP contribution in [0, 0.1) is 6.92 Å². The van der Waals surface area contributed by atoms with Crippen LogP contribution in [0.15, 0.2) is 85.7 Å². The van der Waals surface area contributed by atoms with E-state index >= 15 is 0 Å². The summed E-state index contributed by atoms with van der Waals surface area (Å²) < 4.78 is 38.6. The van der Waals surface area contributed by atoms with Gasteiger partial charge in [-0.25, -0.2) is 8.42 Å². The number of hydrogen-bond donors (Lipinski definition) is 0. The maximum absolute atomic E-state index is 13.6. The minimum Gasteiger partial charge on any atom is -0.459 e. The highest BCUT2D eigenvalue weighted by atomic mass is 32.2. The third kappa shape index (κ3) is 4.98. The van der Waals surface area contributed by atoms with E-state index in [0.29, 0.717) is 37.5 Å². The number of sulfone groups is 1. The molecule has 4 aromatic rings. The van der Waals surface area contributed by atoms with Crippen molar-refractivity contribution in [2.75, 3.05) is 31.1 Å². The Kier molecular flexibility index (Phi) is 6.65. The third-order valence-corrected chi connectivity index (χ3v) is 8.42. The fourth-order valence-corrected chi connectivity index (χ4v) is 5.74. The lowest BCUT2D eigenvalue weighted by atomic mass is 9.86. The van der Waals surface area contributed by atoms with Crippen molar-refractivity contribution in [1.82, 2.24) is 9.88 Å². The monoisotopic (exact) mass is 533 g/mol. The van der Waals surface area contributed by atoms with E-state index in [1.807, 2.05) is 36.1 Å². The fourth-order valence-electron chi connectivity index (χ4n) is 4.42. The number of amides is 1. The summed E-state index contributed by atoms with van der Waals surface area (Å²) in [6.07, 6.45) is 1.48. The van der Waals surface area contributed by atoms with Gasteiger partial charge in [-0.15, -0.1) is 0 Å². The molecule has 1 fully saturated rings. The molecule has 0 spiro atoms. The van der Waals surface area contributed by atoms with Gasteiger partial charge in [-0.3, -0.25) is 4.79 Å². The van der Waals surface area contributed by atoms with Gasteiger partial charge in [-0.1, -0.05) is 50.6 Å². The van der Waals surface area contributed by atoms with Crippen LogP contribution in [-0.4, -0.2) is 50.4 Å². The van der Waals surface area contributed by atoms with Gasteiger partial charge in [-0.05, 0) is 54.3 Å². The predicted octanol–water partition coefficient (Wildman–Crippen LogP) is 5.34. The molecule has 198 valence electrons. The van der Waals surface area contributed by atoms with Crippen LogP contribution >= 0.6 is 0 Å². The molecule has 1 saturated heterocycles. The first kappa shape index (κ1) is 25.8. The zero-order valence-electron chi connectivity index (χ0n) is 22.0. The van der Waals surface area contributed by atoms with Crippen LogP contribution in [0.25, 0.3) is 11.7 Å². The number of hydrogen-bond acceptors (Lipinski definition) is 7. The zero-order valence-corrected chi connectivity index (χ0v) is 22.8. The first-order valence-corrected chi connectivity index (χ1v) is 14.0. The molecular weight excluding hydrogens is 502 g/mol. The molecule has 0 atom stereocenters. The van der Waals surface area contributed by atoms with Crippen LogP contribution in [0.5, 0.6) is 0 Å². The Morgan fingerprint density at radius 2 is 1.58 bits per heavy atom. The number of aryl methyl sites for hydroxylation is 1. The molecule has 9 heteroatoms. The average Bonchev–Trinajstić information content (AvgIpc) is 3.59. The number of aromatic nitrogens is 1. The highest BCUT2D eigenvalue weighted by Gasteiger charge is 2.34. The molecular formula is C29H31N3O5S. The molecule has 1 aliphatic rings. The first-order chi connectivity index (χ1) is 18.0. The van der Waals surface area contributed by atoms with Crippen LogP contribution in [0.2, 0.25) is 0 Å². The van der Waals surface area contributed by atoms with E-state index in [0.717, 1.165) is 5.56 Å². The van der Waals surface area contributed by atoms with Gasteiger partial charge >= 0.3 is 0 Å². The SMILES string of the molecule is Cc1ccc(S(=O)(=O)c2nc(-c3ccco3)oc2N2CCN(C(=O)c3ccc(C(C)(C)C)cc3)CC2)cc1. The first-order valence-electron chi connectivity index (χ1n) is 12.6. The molecule has 0 bridgehead atoms. The summed E-state index contributed by atoms with van der Waals surface area (Å²) in [6, 6.07) is 17.7. The van der Waals surface area contributed by atoms with Crippen molar-refractivity contribution in [2.45, 2.75) is 43.0 Å². The Hall–Kier alpha value is -3.85. The minimum atomic E-state index is -3.96. The molecule has 0 unspecified atom stereocenters. The molecule has 38 heavy (non-hydrogen) atoms. The number of nitrogens with zero attached hydrogens (tertiary/aromatic N) is 3. The zero-order chi connectivity index (χ0) is 27.1. The molecule has 1 aliphatic heterocycles. The summed E-state index contributed by atoms with van der Waals surface area (Å²) in [5.41, 5.74) is 2.76. The normalized spacial score (nSPS) is 14.6. The van der Waals surface area contributed by atoms with Crippen molar-refractivity contribution < 1.29 is 22.0 Å². The largest absolute Gasteiger partial charge is 0.459 e. The van der Waals surface area contributed by atoms with Gasteiger partial charge in [0.05, 0.1) is 11.2 Å². The number of carbonyl (C=O) groups is 1. The predicted molar refractivity (Wildman–Crippen MR) is 144 cm³/mol. The van der Waals surface area contributed by atoms with E-state index in [1.54, 1.807) is 41.3 Å². The third-order valence-electron chi connectivity index (χ3n) is 6.75. The van der Waals surface area contributed by atoms with Crippen molar-refractivity contribution in [3.8, 4) is 11.7 Å². The second-order valence-electron chi connectivity index (χ2n) is 10.5. The molecule has 8 nitrogen and oxygen atoms in total. The molecule has 2 aromatic carbocycles. The van der Waals surface area contributed by atoms with E-state index in [4.69, 9.17) is 8.83 Å². The molecule has 0 aliphatic carbocycles. The Labute approximate surface area is 222 Å². The van der Waals surface area contributed by atoms with E-state index in [1.165, 1.54) is 11.8 Å². The van der Waals surface area contributed by atoms with Crippen LogP contribution in [-0.2, 0) is 15.3 Å². The lowest BCUT2D eigenvalue weighted by Gasteiger charge is -2.34. The average molecular weight is 534 g/mol. The number of benzene rings is 2. The lowest BCUT2D eigenvalue weighted by Crippen LogP contribution is -2.49. The van der Waals surface area contributed by atoms with Gasteiger partial charge in [0.1, 0.15) is 0 Å². The van der Waals surface area contributed by atoms with Crippen molar-refractivity contribution in [3.05, 3.63) is 83.6 Å². The maximum Gasteiger partial charge on any atom is 0.266 e. The van der Waals surface area contributed by atoms with Crippen molar-refractivity contribution in [1.29, 1.82) is 0 Å². The van der Waals surface area contributed by atoms with Crippen LogP contribution in [0.3, 0.4) is 0 Å². The Balaban J connectivity index is 1.39. The summed E-state index contributed by atoms with van der Waals surface area (Å²) in [6.45, 7) is 9.93. The number of furan rings is 1. The van der Waals surface area contributed by atoms with E-state index < -0.39 is 9.84 Å². The smallest absolute Gasteiger partial charge is 0.266 e. The van der Waals surface area contributed by atoms with E-state index in [9.17, 15) is 13.2 Å². The fraction of sp³-hybridized carbons (Fsp3) is 0.310. The Morgan fingerprint density at radius 1 is 0.921 bits per heavy atom. The second-order valence-corrected chi connectivity index (χ2v) is 12.4. The van der Waals surface area contributed by atoms with Gasteiger partial charge in [0.2, 0.25) is 20.7 Å². The lowest BCUT2D eigenvalue weighted by molar-refractivity contribution is 0.0745. The van der Waals surface area contributed by atoms with Gasteiger partial charge in [0, 0.05) is 31.7 Å². The summed E-state index contributed by atoms with van der Waals surface area (Å²) in [5.74, 6) is 0.530. The highest BCUT2D eigenvalue weighted by molar-refractivity contribution is 7.91. The summed E-state index contributed by atoms with van der Waals surface area (Å²) in [7, 11) is -3.96. The molecule has 1 amide bonds. The minimum absolute atomic E-state index is 0.00933. The number of oxazole rings is 1. The van der Waals surface area contributed by atoms with Crippen LogP contribution in [0.1, 0.15) is 42.3 Å². The number of anilines is 1.